The van der Waals surface area contributed by atoms with Crippen LogP contribution in [0.5, 0.6) is 5.75 Å². The molecule has 0 unspecified atom stereocenters. The summed E-state index contributed by atoms with van der Waals surface area (Å²) in [5, 5.41) is 12.3. The number of nitrogens with zero attached hydrogens (tertiary/aromatic N) is 2. The summed E-state index contributed by atoms with van der Waals surface area (Å²) in [4.78, 5) is 2.42. The van der Waals surface area contributed by atoms with Gasteiger partial charge in [0.15, 0.2) is 0 Å². The van der Waals surface area contributed by atoms with Gasteiger partial charge >= 0.3 is 0 Å². The van der Waals surface area contributed by atoms with Crippen LogP contribution >= 0.6 is 0 Å². The quantitative estimate of drug-likeness (QED) is 0.770. The maximum atomic E-state index is 9.83. The number of likely N-dealkylation sites (N-methyl/N-ethyl adjacent to an activating group) is 1. The van der Waals surface area contributed by atoms with Crippen molar-refractivity contribution in [3.63, 3.8) is 0 Å². The first kappa shape index (κ1) is 14.0. The fourth-order valence-corrected chi connectivity index (χ4v) is 3.06. The van der Waals surface area contributed by atoms with Crippen LogP contribution in [-0.4, -0.2) is 34.2 Å². The Kier molecular flexibility index (Phi) is 3.84. The standard InChI is InChI=1S/C18H22N2O/c1-3-19(4-2)11-12-20-17-8-6-5-7-15(17)16-10-9-14(21)13-18(16)20/h5-10,13,21H,3-4,11-12H2,1-2H3. The first-order chi connectivity index (χ1) is 10.2. The van der Waals surface area contributed by atoms with E-state index in [0.29, 0.717) is 5.75 Å². The van der Waals surface area contributed by atoms with Crippen LogP contribution in [0.4, 0.5) is 0 Å². The second-order valence-electron chi connectivity index (χ2n) is 5.40. The molecule has 3 aromatic rings. The Labute approximate surface area is 125 Å². The average molecular weight is 282 g/mol. The topological polar surface area (TPSA) is 28.4 Å². The zero-order chi connectivity index (χ0) is 14.8. The number of fused-ring (bicyclic) bond motifs is 3. The number of aromatic nitrogens is 1. The van der Waals surface area contributed by atoms with E-state index in [2.05, 4.69) is 47.6 Å². The lowest BCUT2D eigenvalue weighted by atomic mass is 10.1. The van der Waals surface area contributed by atoms with Gasteiger partial charge in [-0.1, -0.05) is 32.0 Å². The third-order valence-corrected chi connectivity index (χ3v) is 4.29. The minimum absolute atomic E-state index is 0.328. The predicted molar refractivity (Wildman–Crippen MR) is 88.9 cm³/mol. The molecule has 0 radical (unpaired) electrons. The summed E-state index contributed by atoms with van der Waals surface area (Å²) in [5.74, 6) is 0.328. The number of phenols is 1. The molecule has 1 heterocycles. The molecular weight excluding hydrogens is 260 g/mol. The Bertz CT molecular complexity index is 756. The van der Waals surface area contributed by atoms with E-state index >= 15 is 0 Å². The van der Waals surface area contributed by atoms with Crippen molar-refractivity contribution < 1.29 is 5.11 Å². The average Bonchev–Trinajstić information content (AvgIpc) is 2.82. The van der Waals surface area contributed by atoms with E-state index in [-0.39, 0.29) is 0 Å². The highest BCUT2D eigenvalue weighted by molar-refractivity contribution is 6.08. The van der Waals surface area contributed by atoms with Gasteiger partial charge in [-0.15, -0.1) is 0 Å². The van der Waals surface area contributed by atoms with Crippen LogP contribution in [0, 0.1) is 0 Å². The molecule has 1 N–H and O–H groups in total. The summed E-state index contributed by atoms with van der Waals surface area (Å²) in [7, 11) is 0. The highest BCUT2D eigenvalue weighted by Crippen LogP contribution is 2.31. The minimum atomic E-state index is 0.328. The lowest BCUT2D eigenvalue weighted by Gasteiger charge is -2.19. The van der Waals surface area contributed by atoms with Crippen molar-refractivity contribution in [3.05, 3.63) is 42.5 Å². The molecule has 0 spiro atoms. The van der Waals surface area contributed by atoms with E-state index in [4.69, 9.17) is 0 Å². The molecular formula is C18H22N2O. The summed E-state index contributed by atoms with van der Waals surface area (Å²) in [6, 6.07) is 14.1. The van der Waals surface area contributed by atoms with Gasteiger partial charge < -0.3 is 14.6 Å². The van der Waals surface area contributed by atoms with E-state index in [0.717, 1.165) is 31.7 Å². The van der Waals surface area contributed by atoms with Crippen LogP contribution in [0.25, 0.3) is 21.8 Å². The van der Waals surface area contributed by atoms with Crippen LogP contribution in [-0.2, 0) is 6.54 Å². The molecule has 0 aliphatic carbocycles. The molecule has 110 valence electrons. The van der Waals surface area contributed by atoms with Gasteiger partial charge in [-0.25, -0.2) is 0 Å². The Balaban J connectivity index is 2.11. The molecule has 3 rings (SSSR count). The first-order valence-electron chi connectivity index (χ1n) is 7.67. The van der Waals surface area contributed by atoms with Crippen molar-refractivity contribution in [2.45, 2.75) is 20.4 Å². The molecule has 0 aliphatic heterocycles. The second kappa shape index (κ2) is 5.78. The zero-order valence-corrected chi connectivity index (χ0v) is 12.7. The molecule has 2 aromatic carbocycles. The molecule has 0 amide bonds. The first-order valence-corrected chi connectivity index (χ1v) is 7.67. The van der Waals surface area contributed by atoms with E-state index < -0.39 is 0 Å². The summed E-state index contributed by atoms with van der Waals surface area (Å²) in [5.41, 5.74) is 2.36. The molecule has 0 saturated carbocycles. The number of hydrogen-bond donors (Lipinski definition) is 1. The van der Waals surface area contributed by atoms with Crippen molar-refractivity contribution >= 4 is 21.8 Å². The lowest BCUT2D eigenvalue weighted by molar-refractivity contribution is 0.293. The molecule has 3 nitrogen and oxygen atoms in total. The molecule has 0 atom stereocenters. The number of hydrogen-bond acceptors (Lipinski definition) is 2. The van der Waals surface area contributed by atoms with Crippen LogP contribution < -0.4 is 0 Å². The Morgan fingerprint density at radius 1 is 0.952 bits per heavy atom. The summed E-state index contributed by atoms with van der Waals surface area (Å²) in [6.07, 6.45) is 0. The van der Waals surface area contributed by atoms with E-state index in [9.17, 15) is 5.11 Å². The van der Waals surface area contributed by atoms with Crippen LogP contribution in [0.15, 0.2) is 42.5 Å². The summed E-state index contributed by atoms with van der Waals surface area (Å²) in [6.45, 7) is 8.49. The van der Waals surface area contributed by atoms with Gasteiger partial charge in [-0.05, 0) is 31.3 Å². The normalized spacial score (nSPS) is 11.8. The second-order valence-corrected chi connectivity index (χ2v) is 5.40. The number of aromatic hydroxyl groups is 1. The monoisotopic (exact) mass is 282 g/mol. The highest BCUT2D eigenvalue weighted by Gasteiger charge is 2.11. The smallest absolute Gasteiger partial charge is 0.117 e. The van der Waals surface area contributed by atoms with Gasteiger partial charge in [0.05, 0.1) is 5.52 Å². The predicted octanol–water partition coefficient (Wildman–Crippen LogP) is 3.84. The van der Waals surface area contributed by atoms with E-state index in [1.165, 1.54) is 16.3 Å². The lowest BCUT2D eigenvalue weighted by Crippen LogP contribution is -2.26. The Hall–Kier alpha value is -2.00. The third kappa shape index (κ3) is 2.49. The molecule has 3 heteroatoms. The molecule has 0 saturated heterocycles. The molecule has 1 aromatic heterocycles. The van der Waals surface area contributed by atoms with Crippen LogP contribution in [0.3, 0.4) is 0 Å². The fraction of sp³-hybridized carbons (Fsp3) is 0.333. The molecule has 0 fully saturated rings. The summed E-state index contributed by atoms with van der Waals surface area (Å²) < 4.78 is 2.32. The Morgan fingerprint density at radius 2 is 1.67 bits per heavy atom. The number of rotatable bonds is 5. The van der Waals surface area contributed by atoms with Crippen molar-refractivity contribution in [2.24, 2.45) is 0 Å². The zero-order valence-electron chi connectivity index (χ0n) is 12.7. The fourth-order valence-electron chi connectivity index (χ4n) is 3.06. The maximum absolute atomic E-state index is 9.83. The SMILES string of the molecule is CCN(CC)CCn1c2ccccc2c2ccc(O)cc21. The number of benzene rings is 2. The number of para-hydroxylation sites is 1. The van der Waals surface area contributed by atoms with E-state index in [1.807, 2.05) is 12.1 Å². The van der Waals surface area contributed by atoms with Crippen molar-refractivity contribution in [1.29, 1.82) is 0 Å². The van der Waals surface area contributed by atoms with Gasteiger partial charge in [-0.3, -0.25) is 0 Å². The van der Waals surface area contributed by atoms with Gasteiger partial charge in [0.25, 0.3) is 0 Å². The molecule has 0 bridgehead atoms. The summed E-state index contributed by atoms with van der Waals surface area (Å²) >= 11 is 0. The van der Waals surface area contributed by atoms with Crippen molar-refractivity contribution in [3.8, 4) is 5.75 Å². The third-order valence-electron chi connectivity index (χ3n) is 4.29. The maximum Gasteiger partial charge on any atom is 0.117 e. The van der Waals surface area contributed by atoms with E-state index in [1.54, 1.807) is 6.07 Å². The van der Waals surface area contributed by atoms with Crippen molar-refractivity contribution in [2.75, 3.05) is 19.6 Å². The molecule has 0 aliphatic rings. The van der Waals surface area contributed by atoms with Gasteiger partial charge in [-0.2, -0.15) is 0 Å². The van der Waals surface area contributed by atoms with Crippen LogP contribution in [0.1, 0.15) is 13.8 Å². The van der Waals surface area contributed by atoms with Gasteiger partial charge in [0.1, 0.15) is 5.75 Å². The largest absolute Gasteiger partial charge is 0.508 e. The number of phenolic OH excluding ortho intramolecular Hbond substituents is 1. The van der Waals surface area contributed by atoms with Crippen molar-refractivity contribution in [1.82, 2.24) is 9.47 Å². The molecule has 21 heavy (non-hydrogen) atoms. The Morgan fingerprint density at radius 3 is 2.43 bits per heavy atom. The van der Waals surface area contributed by atoms with Gasteiger partial charge in [0, 0.05) is 35.4 Å². The van der Waals surface area contributed by atoms with Crippen LogP contribution in [0.2, 0.25) is 0 Å². The minimum Gasteiger partial charge on any atom is -0.508 e. The van der Waals surface area contributed by atoms with Gasteiger partial charge in [0.2, 0.25) is 0 Å². The highest BCUT2D eigenvalue weighted by atomic mass is 16.3.